The van der Waals surface area contributed by atoms with Crippen molar-refractivity contribution in [2.45, 2.75) is 105 Å². The average Bonchev–Trinajstić information content (AvgIpc) is 3.54. The largest absolute Gasteiger partial charge is 0.481 e. The lowest BCUT2D eigenvalue weighted by Crippen LogP contribution is -2.64. The molecule has 2 heterocycles. The van der Waals surface area contributed by atoms with Crippen molar-refractivity contribution in [2.75, 3.05) is 5.73 Å². The molecular weight excluding hydrogens is 510 g/mol. The third-order valence-corrected chi connectivity index (χ3v) is 13.9. The predicted molar refractivity (Wildman–Crippen MR) is 161 cm³/mol. The Labute approximate surface area is 244 Å². The molecule has 0 aliphatic heterocycles. The number of nitrogens with zero attached hydrogens (tertiary/aromatic N) is 1. The summed E-state index contributed by atoms with van der Waals surface area (Å²) in [5.41, 5.74) is 11.9. The summed E-state index contributed by atoms with van der Waals surface area (Å²) < 4.78 is 6.25. The molecule has 4 N–H and O–H groups in total. The first-order valence-corrected chi connectivity index (χ1v) is 16.0. The van der Waals surface area contributed by atoms with Gasteiger partial charge in [0.1, 0.15) is 11.6 Å². The third-order valence-electron chi connectivity index (χ3n) is 13.9. The van der Waals surface area contributed by atoms with Crippen LogP contribution in [0, 0.1) is 51.2 Å². The van der Waals surface area contributed by atoms with E-state index in [-0.39, 0.29) is 44.8 Å². The van der Waals surface area contributed by atoms with Crippen LogP contribution < -0.4 is 5.73 Å². The van der Waals surface area contributed by atoms with Gasteiger partial charge in [0.2, 0.25) is 0 Å². The number of aromatic amines is 1. The van der Waals surface area contributed by atoms with Crippen LogP contribution >= 0.6 is 0 Å². The summed E-state index contributed by atoms with van der Waals surface area (Å²) in [4.78, 5) is 12.7. The first-order valence-electron chi connectivity index (χ1n) is 16.0. The van der Waals surface area contributed by atoms with Crippen LogP contribution in [0.25, 0.3) is 5.57 Å². The first-order chi connectivity index (χ1) is 19.1. The standard InChI is InChI=1S/C35H49N3O3/c1-31(2)16-21-19(22(17-31)30(39)40)10-12-35(7)27(21)20(24-9-8-14-41-24)15-26-33(5)18-23-28(37-38-29(23)36)32(3,4)25(33)11-13-34(26,35)6/h8-9,14,19,21-22,25-26H,10-13,15-18H2,1-7H3,(H,39,40)(H3,36,37,38)/t19?,21?,22-,25?,26?,33?,34?,35?/m1/s1. The van der Waals surface area contributed by atoms with Gasteiger partial charge in [0.05, 0.1) is 17.9 Å². The molecule has 6 heteroatoms. The minimum absolute atomic E-state index is 0.00621. The Morgan fingerprint density at radius 2 is 1.83 bits per heavy atom. The van der Waals surface area contributed by atoms with Crippen molar-refractivity contribution in [3.63, 3.8) is 0 Å². The van der Waals surface area contributed by atoms with Crippen LogP contribution in [0.15, 0.2) is 28.4 Å². The molecule has 0 amide bonds. The van der Waals surface area contributed by atoms with E-state index in [1.807, 2.05) is 12.3 Å². The predicted octanol–water partition coefficient (Wildman–Crippen LogP) is 7.87. The summed E-state index contributed by atoms with van der Waals surface area (Å²) in [7, 11) is 0. The van der Waals surface area contributed by atoms with E-state index in [1.165, 1.54) is 24.0 Å². The van der Waals surface area contributed by atoms with E-state index in [4.69, 9.17) is 15.2 Å². The fraction of sp³-hybridized carbons (Fsp3) is 0.714. The molecule has 8 atom stereocenters. The number of hydrogen-bond donors (Lipinski definition) is 3. The van der Waals surface area contributed by atoms with Gasteiger partial charge < -0.3 is 15.3 Å². The van der Waals surface area contributed by atoms with Crippen molar-refractivity contribution >= 4 is 17.4 Å². The van der Waals surface area contributed by atoms with Crippen molar-refractivity contribution in [3.05, 3.63) is 41.0 Å². The molecular formula is C35H49N3O3. The number of carbonyl (C=O) groups is 1. The number of rotatable bonds is 2. The second-order valence-electron chi connectivity index (χ2n) is 16.7. The van der Waals surface area contributed by atoms with Crippen molar-refractivity contribution in [1.29, 1.82) is 0 Å². The highest BCUT2D eigenvalue weighted by molar-refractivity contribution is 5.73. The number of nitrogens with one attached hydrogen (secondary N) is 1. The number of H-pyrrole nitrogens is 1. The number of anilines is 1. The van der Waals surface area contributed by atoms with Gasteiger partial charge in [-0.2, -0.15) is 5.10 Å². The number of nitrogen functional groups attached to an aromatic ring is 1. The lowest BCUT2D eigenvalue weighted by Gasteiger charge is -2.70. The Morgan fingerprint density at radius 3 is 2.51 bits per heavy atom. The maximum absolute atomic E-state index is 12.7. The molecule has 3 saturated carbocycles. The van der Waals surface area contributed by atoms with Crippen LogP contribution in [0.5, 0.6) is 0 Å². The van der Waals surface area contributed by atoms with Gasteiger partial charge in [0.15, 0.2) is 0 Å². The molecule has 2 aromatic heterocycles. The molecule has 5 aliphatic rings. The summed E-state index contributed by atoms with van der Waals surface area (Å²) in [5.74, 6) is 2.27. The highest BCUT2D eigenvalue weighted by Crippen LogP contribution is 2.76. The zero-order valence-electron chi connectivity index (χ0n) is 26.1. The number of hydrogen-bond acceptors (Lipinski definition) is 4. The molecule has 0 aromatic carbocycles. The minimum Gasteiger partial charge on any atom is -0.481 e. The van der Waals surface area contributed by atoms with Gasteiger partial charge in [-0.05, 0) is 114 Å². The Bertz CT molecular complexity index is 1430. The van der Waals surface area contributed by atoms with E-state index in [2.05, 4.69) is 59.6 Å². The molecule has 0 saturated heterocycles. The molecule has 2 aromatic rings. The minimum atomic E-state index is -0.609. The molecule has 3 fully saturated rings. The van der Waals surface area contributed by atoms with Crippen LogP contribution in [0.1, 0.15) is 110 Å². The molecule has 7 unspecified atom stereocenters. The van der Waals surface area contributed by atoms with Gasteiger partial charge in [0.25, 0.3) is 0 Å². The van der Waals surface area contributed by atoms with Crippen molar-refractivity contribution in [1.82, 2.24) is 10.2 Å². The maximum atomic E-state index is 12.7. The number of fused-ring (bicyclic) bond motifs is 8. The van der Waals surface area contributed by atoms with Gasteiger partial charge in [-0.3, -0.25) is 9.89 Å². The Kier molecular flexibility index (Phi) is 5.55. The summed E-state index contributed by atoms with van der Waals surface area (Å²) in [6, 6.07) is 4.17. The molecule has 0 radical (unpaired) electrons. The number of allylic oxidation sites excluding steroid dienone is 2. The fourth-order valence-corrected chi connectivity index (χ4v) is 12.1. The first kappa shape index (κ1) is 27.3. The van der Waals surface area contributed by atoms with Gasteiger partial charge in [-0.25, -0.2) is 0 Å². The van der Waals surface area contributed by atoms with Crippen molar-refractivity contribution in [3.8, 4) is 0 Å². The second kappa shape index (κ2) is 8.32. The molecule has 0 spiro atoms. The average molecular weight is 560 g/mol. The normalized spacial score (nSPS) is 42.4. The van der Waals surface area contributed by atoms with Crippen LogP contribution in [0.4, 0.5) is 5.82 Å². The quantitative estimate of drug-likeness (QED) is 0.347. The number of carboxylic acids is 1. The van der Waals surface area contributed by atoms with Crippen LogP contribution in [0.2, 0.25) is 0 Å². The van der Waals surface area contributed by atoms with E-state index >= 15 is 0 Å². The number of furan rings is 1. The summed E-state index contributed by atoms with van der Waals surface area (Å²) in [5, 5.41) is 18.3. The molecule has 222 valence electrons. The number of carboxylic acid groups (broad SMARTS) is 1. The van der Waals surface area contributed by atoms with Gasteiger partial charge in [-0.15, -0.1) is 0 Å². The Balaban J connectivity index is 1.44. The maximum Gasteiger partial charge on any atom is 0.306 e. The Morgan fingerprint density at radius 1 is 1.07 bits per heavy atom. The van der Waals surface area contributed by atoms with Gasteiger partial charge in [0, 0.05) is 11.0 Å². The lowest BCUT2D eigenvalue weighted by atomic mass is 9.33. The number of aliphatic carboxylic acids is 1. The summed E-state index contributed by atoms with van der Waals surface area (Å²) in [6.07, 6.45) is 9.98. The lowest BCUT2D eigenvalue weighted by molar-refractivity contribution is -0.161. The third kappa shape index (κ3) is 3.42. The van der Waals surface area contributed by atoms with Crippen molar-refractivity contribution in [2.24, 2.45) is 51.2 Å². The summed E-state index contributed by atoms with van der Waals surface area (Å²) in [6.45, 7) is 17.1. The van der Waals surface area contributed by atoms with E-state index in [0.717, 1.165) is 55.8 Å². The van der Waals surface area contributed by atoms with E-state index in [9.17, 15) is 9.90 Å². The van der Waals surface area contributed by atoms with Crippen LogP contribution in [-0.2, 0) is 16.6 Å². The molecule has 7 rings (SSSR count). The topological polar surface area (TPSA) is 105 Å². The fourth-order valence-electron chi connectivity index (χ4n) is 12.1. The number of nitrogens with two attached hydrogens (primary N) is 1. The highest BCUT2D eigenvalue weighted by Gasteiger charge is 2.69. The zero-order chi connectivity index (χ0) is 29.3. The highest BCUT2D eigenvalue weighted by atomic mass is 16.4. The molecule has 6 nitrogen and oxygen atoms in total. The number of aromatic nitrogens is 2. The zero-order valence-corrected chi connectivity index (χ0v) is 26.1. The summed E-state index contributed by atoms with van der Waals surface area (Å²) >= 11 is 0. The van der Waals surface area contributed by atoms with E-state index in [0.29, 0.717) is 11.8 Å². The van der Waals surface area contributed by atoms with Gasteiger partial charge >= 0.3 is 5.97 Å². The van der Waals surface area contributed by atoms with E-state index < -0.39 is 5.97 Å². The molecule has 41 heavy (non-hydrogen) atoms. The van der Waals surface area contributed by atoms with E-state index in [1.54, 1.807) is 5.57 Å². The molecule has 5 aliphatic carbocycles. The van der Waals surface area contributed by atoms with Crippen molar-refractivity contribution < 1.29 is 14.3 Å². The monoisotopic (exact) mass is 559 g/mol. The second-order valence-corrected chi connectivity index (χ2v) is 16.7. The van der Waals surface area contributed by atoms with Gasteiger partial charge in [-0.1, -0.05) is 54.0 Å². The van der Waals surface area contributed by atoms with Crippen LogP contribution in [0.3, 0.4) is 0 Å². The molecule has 0 bridgehead atoms. The SMILES string of the molecule is CC1(C)CC2C3=C(c4ccco4)CC4C5(C)Cc6c(n[nH]c6N)C(C)(C)C5CCC4(C)C3(C)CCC2[C@H](C(=O)O)C1. The smallest absolute Gasteiger partial charge is 0.306 e. The van der Waals surface area contributed by atoms with Crippen LogP contribution in [-0.4, -0.2) is 21.3 Å². The Hall–Kier alpha value is -2.50.